The van der Waals surface area contributed by atoms with Crippen LogP contribution in [0.2, 0.25) is 0 Å². The van der Waals surface area contributed by atoms with Gasteiger partial charge in [0, 0.05) is 17.9 Å². The van der Waals surface area contributed by atoms with Crippen LogP contribution in [-0.2, 0) is 27.4 Å². The van der Waals surface area contributed by atoms with E-state index in [0.29, 0.717) is 5.92 Å². The average molecular weight is 431 g/mol. The fourth-order valence-corrected chi connectivity index (χ4v) is 5.27. The van der Waals surface area contributed by atoms with E-state index in [1.165, 1.54) is 36.8 Å². The number of benzene rings is 1. The Balaban J connectivity index is 2.25. The Kier molecular flexibility index (Phi) is 6.02. The first-order chi connectivity index (χ1) is 13.7. The molecule has 2 N–H and O–H groups in total. The van der Waals surface area contributed by atoms with Gasteiger partial charge in [-0.05, 0) is 71.4 Å². The summed E-state index contributed by atoms with van der Waals surface area (Å²) in [4.78, 5) is 0.244. The van der Waals surface area contributed by atoms with Crippen LogP contribution in [0.4, 0.5) is 0 Å². The molecule has 1 fully saturated rings. The third-order valence-corrected chi connectivity index (χ3v) is 7.53. The lowest BCUT2D eigenvalue weighted by molar-refractivity contribution is 0.454. The molecule has 1 saturated carbocycles. The maximum atomic E-state index is 12.3. The van der Waals surface area contributed by atoms with Gasteiger partial charge in [0.15, 0.2) is 0 Å². The smallest absolute Gasteiger partial charge is 0.239 e. The Labute approximate surface area is 182 Å². The van der Waals surface area contributed by atoms with Crippen LogP contribution in [0.15, 0.2) is 29.2 Å². The summed E-state index contributed by atoms with van der Waals surface area (Å²) in [6.45, 7) is 16.1. The molecule has 3 rings (SSSR count). The first-order valence-corrected chi connectivity index (χ1v) is 12.6. The van der Waals surface area contributed by atoms with E-state index in [1.54, 1.807) is 6.07 Å². The highest BCUT2D eigenvalue weighted by Crippen LogP contribution is 2.37. The Morgan fingerprint density at radius 2 is 1.43 bits per heavy atom. The van der Waals surface area contributed by atoms with Crippen molar-refractivity contribution in [3.05, 3.63) is 41.1 Å². The van der Waals surface area contributed by atoms with Gasteiger partial charge in [-0.1, -0.05) is 60.5 Å². The molecule has 0 bridgehead atoms. The van der Waals surface area contributed by atoms with Crippen LogP contribution in [0.1, 0.15) is 84.0 Å². The molecule has 0 atom stereocenters. The Morgan fingerprint density at radius 1 is 0.933 bits per heavy atom. The van der Waals surface area contributed by atoms with Crippen LogP contribution < -0.4 is 5.14 Å². The third kappa shape index (κ3) is 4.83. The zero-order valence-electron chi connectivity index (χ0n) is 19.7. The van der Waals surface area contributed by atoms with Crippen molar-refractivity contribution < 1.29 is 8.42 Å². The molecule has 1 heterocycles. The van der Waals surface area contributed by atoms with E-state index in [0.717, 1.165) is 23.5 Å². The highest BCUT2D eigenvalue weighted by Gasteiger charge is 2.26. The van der Waals surface area contributed by atoms with Gasteiger partial charge in [-0.15, -0.1) is 0 Å². The highest BCUT2D eigenvalue weighted by atomic mass is 32.2. The molecule has 4 nitrogen and oxygen atoms in total. The first kappa shape index (κ1) is 23.1. The van der Waals surface area contributed by atoms with Crippen molar-refractivity contribution in [2.45, 2.75) is 96.4 Å². The largest absolute Gasteiger partial charge is 0.343 e. The zero-order chi connectivity index (χ0) is 22.5. The summed E-state index contributed by atoms with van der Waals surface area (Å²) in [7, 11) is -3.77. The Hall–Kier alpha value is -1.59. The molecule has 0 radical (unpaired) electrons. The summed E-state index contributed by atoms with van der Waals surface area (Å²) in [5.74, 6) is 0.594. The molecule has 1 aliphatic rings. The van der Waals surface area contributed by atoms with Gasteiger partial charge in [-0.25, -0.2) is 13.6 Å². The summed E-state index contributed by atoms with van der Waals surface area (Å²) in [5.41, 5.74) is 5.29. The fraction of sp³-hybridized carbons (Fsp3) is 0.600. The quantitative estimate of drug-likeness (QED) is 0.656. The number of nitrogens with zero attached hydrogens (tertiary/aromatic N) is 1. The second kappa shape index (κ2) is 7.83. The molecule has 1 aromatic carbocycles. The average Bonchev–Trinajstić information content (AvgIpc) is 3.22. The van der Waals surface area contributed by atoms with Gasteiger partial charge in [0.1, 0.15) is 4.90 Å². The van der Waals surface area contributed by atoms with Crippen molar-refractivity contribution >= 4 is 10.0 Å². The number of hydrogen-bond acceptors (Lipinski definition) is 2. The van der Waals surface area contributed by atoms with Crippen LogP contribution in [0.25, 0.3) is 11.3 Å². The fourth-order valence-electron chi connectivity index (χ4n) is 4.48. The molecule has 166 valence electrons. The standard InChI is InChI=1S/C25H38N2O2S/c1-17-23(30(26,28)29)15-22(27(17)16-18-10-8-9-11-18)19-12-20(24(2,3)4)14-21(13-19)25(5,6)7/h12-15,18H,8-11,16H2,1-7H3,(H2,26,28,29). The van der Waals surface area contributed by atoms with Crippen LogP contribution >= 0.6 is 0 Å². The predicted molar refractivity (Wildman–Crippen MR) is 125 cm³/mol. The summed E-state index contributed by atoms with van der Waals surface area (Å²) in [6.07, 6.45) is 4.93. The monoisotopic (exact) mass is 430 g/mol. The second-order valence-corrected chi connectivity index (χ2v) is 12.6. The Bertz CT molecular complexity index is 996. The van der Waals surface area contributed by atoms with Gasteiger partial charge in [0.2, 0.25) is 10.0 Å². The first-order valence-electron chi connectivity index (χ1n) is 11.1. The summed E-state index contributed by atoms with van der Waals surface area (Å²) in [5, 5.41) is 5.58. The molecular formula is C25H38N2O2S. The van der Waals surface area contributed by atoms with Gasteiger partial charge in [-0.2, -0.15) is 0 Å². The SMILES string of the molecule is Cc1c(S(N)(=O)=O)cc(-c2cc(C(C)(C)C)cc(C(C)(C)C)c2)n1CC1CCCC1. The summed E-state index contributed by atoms with van der Waals surface area (Å²) < 4.78 is 26.8. The summed E-state index contributed by atoms with van der Waals surface area (Å²) in [6, 6.07) is 8.53. The van der Waals surface area contributed by atoms with Gasteiger partial charge in [-0.3, -0.25) is 0 Å². The minimum Gasteiger partial charge on any atom is -0.343 e. The van der Waals surface area contributed by atoms with E-state index in [9.17, 15) is 8.42 Å². The van der Waals surface area contributed by atoms with E-state index < -0.39 is 10.0 Å². The molecule has 30 heavy (non-hydrogen) atoms. The van der Waals surface area contributed by atoms with Gasteiger partial charge in [0.25, 0.3) is 0 Å². The van der Waals surface area contributed by atoms with Crippen molar-refractivity contribution in [1.29, 1.82) is 0 Å². The van der Waals surface area contributed by atoms with Gasteiger partial charge < -0.3 is 4.57 Å². The minimum atomic E-state index is -3.77. The molecule has 0 unspecified atom stereocenters. The van der Waals surface area contributed by atoms with E-state index in [1.807, 2.05) is 6.92 Å². The van der Waals surface area contributed by atoms with Crippen molar-refractivity contribution in [1.82, 2.24) is 4.57 Å². The molecule has 0 spiro atoms. The van der Waals surface area contributed by atoms with Crippen LogP contribution in [0, 0.1) is 12.8 Å². The van der Waals surface area contributed by atoms with E-state index in [4.69, 9.17) is 5.14 Å². The number of nitrogens with two attached hydrogens (primary N) is 1. The third-order valence-electron chi connectivity index (χ3n) is 6.50. The second-order valence-electron chi connectivity index (χ2n) is 11.1. The van der Waals surface area contributed by atoms with Gasteiger partial charge in [0.05, 0.1) is 0 Å². The van der Waals surface area contributed by atoms with Crippen molar-refractivity contribution in [2.24, 2.45) is 11.1 Å². The van der Waals surface area contributed by atoms with E-state index >= 15 is 0 Å². The summed E-state index contributed by atoms with van der Waals surface area (Å²) >= 11 is 0. The molecule has 0 amide bonds. The number of sulfonamides is 1. The number of rotatable bonds is 4. The normalized spacial score (nSPS) is 16.4. The minimum absolute atomic E-state index is 0.00327. The van der Waals surface area contributed by atoms with Crippen molar-refractivity contribution in [2.75, 3.05) is 0 Å². The van der Waals surface area contributed by atoms with E-state index in [2.05, 4.69) is 64.3 Å². The van der Waals surface area contributed by atoms with Gasteiger partial charge >= 0.3 is 0 Å². The lowest BCUT2D eigenvalue weighted by atomic mass is 9.79. The van der Waals surface area contributed by atoms with Crippen molar-refractivity contribution in [3.8, 4) is 11.3 Å². The zero-order valence-corrected chi connectivity index (χ0v) is 20.5. The predicted octanol–water partition coefficient (Wildman–Crippen LogP) is 5.90. The number of aromatic nitrogens is 1. The molecule has 2 aromatic rings. The maximum Gasteiger partial charge on any atom is 0.239 e. The van der Waals surface area contributed by atoms with Crippen LogP contribution in [-0.4, -0.2) is 13.0 Å². The molecule has 1 aromatic heterocycles. The molecule has 1 aliphatic carbocycles. The molecule has 0 aliphatic heterocycles. The number of primary sulfonamides is 1. The lowest BCUT2D eigenvalue weighted by Crippen LogP contribution is -2.17. The number of hydrogen-bond donors (Lipinski definition) is 1. The topological polar surface area (TPSA) is 65.1 Å². The van der Waals surface area contributed by atoms with Crippen molar-refractivity contribution in [3.63, 3.8) is 0 Å². The molecule has 5 heteroatoms. The maximum absolute atomic E-state index is 12.3. The molecular weight excluding hydrogens is 392 g/mol. The Morgan fingerprint density at radius 3 is 1.87 bits per heavy atom. The van der Waals surface area contributed by atoms with E-state index in [-0.39, 0.29) is 15.7 Å². The van der Waals surface area contributed by atoms with Crippen LogP contribution in [0.3, 0.4) is 0 Å². The lowest BCUT2D eigenvalue weighted by Gasteiger charge is -2.27. The molecule has 0 saturated heterocycles. The highest BCUT2D eigenvalue weighted by molar-refractivity contribution is 7.89. The van der Waals surface area contributed by atoms with Crippen LogP contribution in [0.5, 0.6) is 0 Å².